The summed E-state index contributed by atoms with van der Waals surface area (Å²) in [6.45, 7) is 4.74. The molecule has 120 valence electrons. The minimum atomic E-state index is -3.51. The summed E-state index contributed by atoms with van der Waals surface area (Å²) in [5.41, 5.74) is 1.78. The van der Waals surface area contributed by atoms with Gasteiger partial charge in [0, 0.05) is 25.6 Å². The third-order valence-electron chi connectivity index (χ3n) is 4.41. The number of likely N-dealkylation sites (tertiary alicyclic amines) is 1. The number of hydrogen-bond donors (Lipinski definition) is 1. The second kappa shape index (κ2) is 5.66. The largest absolute Gasteiger partial charge is 0.339 e. The zero-order chi connectivity index (χ0) is 15.9. The van der Waals surface area contributed by atoms with Crippen molar-refractivity contribution in [3.8, 4) is 0 Å². The zero-order valence-corrected chi connectivity index (χ0v) is 13.8. The summed E-state index contributed by atoms with van der Waals surface area (Å²) < 4.78 is 27.5. The molecule has 1 amide bonds. The van der Waals surface area contributed by atoms with Crippen LogP contribution in [0.25, 0.3) is 0 Å². The molecule has 1 saturated carbocycles. The van der Waals surface area contributed by atoms with Gasteiger partial charge in [0.15, 0.2) is 0 Å². The molecule has 1 unspecified atom stereocenters. The lowest BCUT2D eigenvalue weighted by molar-refractivity contribution is -0.128. The van der Waals surface area contributed by atoms with Gasteiger partial charge < -0.3 is 4.90 Å². The topological polar surface area (TPSA) is 66.5 Å². The van der Waals surface area contributed by atoms with Gasteiger partial charge in [-0.1, -0.05) is 17.7 Å². The van der Waals surface area contributed by atoms with Crippen LogP contribution < -0.4 is 4.72 Å². The first-order valence-electron chi connectivity index (χ1n) is 7.73. The number of rotatable bonds is 5. The van der Waals surface area contributed by atoms with Crippen LogP contribution in [0.4, 0.5) is 0 Å². The summed E-state index contributed by atoms with van der Waals surface area (Å²) in [4.78, 5) is 14.1. The molecule has 1 aliphatic carbocycles. The molecule has 1 heterocycles. The van der Waals surface area contributed by atoms with Gasteiger partial charge >= 0.3 is 0 Å². The quantitative estimate of drug-likeness (QED) is 0.895. The molecule has 2 fully saturated rings. The molecule has 2 aliphatic rings. The van der Waals surface area contributed by atoms with Crippen LogP contribution in [-0.2, 0) is 14.8 Å². The summed E-state index contributed by atoms with van der Waals surface area (Å²) in [6, 6.07) is 5.72. The Morgan fingerprint density at radius 1 is 1.27 bits per heavy atom. The van der Waals surface area contributed by atoms with Crippen LogP contribution >= 0.6 is 0 Å². The number of nitrogens with one attached hydrogen (secondary N) is 1. The van der Waals surface area contributed by atoms with E-state index in [2.05, 4.69) is 4.72 Å². The summed E-state index contributed by atoms with van der Waals surface area (Å²) in [5.74, 6) is 0.242. The first-order chi connectivity index (χ1) is 10.4. The lowest BCUT2D eigenvalue weighted by Gasteiger charge is -2.16. The Labute approximate surface area is 131 Å². The minimum absolute atomic E-state index is 0.0774. The van der Waals surface area contributed by atoms with Crippen molar-refractivity contribution in [1.29, 1.82) is 0 Å². The molecule has 3 rings (SSSR count). The molecule has 1 aliphatic heterocycles. The van der Waals surface area contributed by atoms with Gasteiger partial charge in [0.25, 0.3) is 0 Å². The molecule has 1 aromatic carbocycles. The number of hydrogen-bond acceptors (Lipinski definition) is 3. The Morgan fingerprint density at radius 2 is 2.00 bits per heavy atom. The van der Waals surface area contributed by atoms with E-state index in [0.717, 1.165) is 24.0 Å². The Morgan fingerprint density at radius 3 is 2.64 bits per heavy atom. The summed E-state index contributed by atoms with van der Waals surface area (Å²) in [6.07, 6.45) is 2.63. The van der Waals surface area contributed by atoms with E-state index in [4.69, 9.17) is 0 Å². The normalized spacial score (nSPS) is 22.4. The number of carbonyl (C=O) groups excluding carboxylic acids is 1. The fraction of sp³-hybridized carbons (Fsp3) is 0.562. The van der Waals surface area contributed by atoms with Gasteiger partial charge in [0.1, 0.15) is 0 Å². The van der Waals surface area contributed by atoms with E-state index in [1.807, 2.05) is 17.9 Å². The average molecular weight is 322 g/mol. The number of amides is 1. The van der Waals surface area contributed by atoms with E-state index in [1.165, 1.54) is 0 Å². The van der Waals surface area contributed by atoms with Crippen LogP contribution in [-0.4, -0.2) is 38.4 Å². The molecule has 1 atom stereocenters. The highest BCUT2D eigenvalue weighted by Gasteiger charge is 2.39. The molecule has 5 nitrogen and oxygen atoms in total. The number of sulfonamides is 1. The van der Waals surface area contributed by atoms with Crippen LogP contribution in [0.15, 0.2) is 23.1 Å². The van der Waals surface area contributed by atoms with Gasteiger partial charge in [-0.15, -0.1) is 0 Å². The maximum Gasteiger partial charge on any atom is 0.240 e. The second-order valence-electron chi connectivity index (χ2n) is 6.47. The van der Waals surface area contributed by atoms with E-state index < -0.39 is 10.0 Å². The standard InChI is InChI=1S/C16H22N2O3S/c1-11-3-6-15(12(2)7-11)22(20,21)17-9-13-8-16(19)18(10-13)14-4-5-14/h3,6-7,13-14,17H,4-5,8-10H2,1-2H3. The number of aryl methyl sites for hydroxylation is 2. The predicted molar refractivity (Wildman–Crippen MR) is 83.9 cm³/mol. The first kappa shape index (κ1) is 15.5. The van der Waals surface area contributed by atoms with Gasteiger partial charge in [0.2, 0.25) is 15.9 Å². The molecule has 0 spiro atoms. The Balaban J connectivity index is 1.64. The van der Waals surface area contributed by atoms with Gasteiger partial charge in [-0.05, 0) is 44.2 Å². The van der Waals surface area contributed by atoms with Crippen molar-refractivity contribution < 1.29 is 13.2 Å². The monoisotopic (exact) mass is 322 g/mol. The Bertz CT molecular complexity index is 695. The first-order valence-corrected chi connectivity index (χ1v) is 9.21. The highest BCUT2D eigenvalue weighted by Crippen LogP contribution is 2.32. The van der Waals surface area contributed by atoms with E-state index >= 15 is 0 Å². The lowest BCUT2D eigenvalue weighted by Crippen LogP contribution is -2.32. The fourth-order valence-corrected chi connectivity index (χ4v) is 4.43. The zero-order valence-electron chi connectivity index (χ0n) is 13.0. The van der Waals surface area contributed by atoms with Crippen LogP contribution in [0.1, 0.15) is 30.4 Å². The van der Waals surface area contributed by atoms with Crippen LogP contribution in [0, 0.1) is 19.8 Å². The van der Waals surface area contributed by atoms with E-state index in [0.29, 0.717) is 30.4 Å². The fourth-order valence-electron chi connectivity index (χ4n) is 3.09. The molecule has 22 heavy (non-hydrogen) atoms. The van der Waals surface area contributed by atoms with Crippen LogP contribution in [0.2, 0.25) is 0 Å². The molecule has 0 radical (unpaired) electrons. The van der Waals surface area contributed by atoms with E-state index in [-0.39, 0.29) is 11.8 Å². The van der Waals surface area contributed by atoms with Gasteiger partial charge in [-0.25, -0.2) is 13.1 Å². The smallest absolute Gasteiger partial charge is 0.240 e. The minimum Gasteiger partial charge on any atom is -0.339 e. The highest BCUT2D eigenvalue weighted by molar-refractivity contribution is 7.89. The van der Waals surface area contributed by atoms with Crippen molar-refractivity contribution in [2.24, 2.45) is 5.92 Å². The van der Waals surface area contributed by atoms with Crippen molar-refractivity contribution in [2.45, 2.75) is 44.0 Å². The maximum absolute atomic E-state index is 12.4. The summed E-state index contributed by atoms with van der Waals surface area (Å²) in [7, 11) is -3.51. The number of nitrogens with zero attached hydrogens (tertiary/aromatic N) is 1. The predicted octanol–water partition coefficient (Wildman–Crippen LogP) is 1.59. The molecular formula is C16H22N2O3S. The van der Waals surface area contributed by atoms with E-state index in [1.54, 1.807) is 19.1 Å². The van der Waals surface area contributed by atoms with Crippen molar-refractivity contribution in [3.05, 3.63) is 29.3 Å². The molecule has 1 aromatic rings. The number of carbonyl (C=O) groups is 1. The Hall–Kier alpha value is -1.40. The molecule has 1 saturated heterocycles. The SMILES string of the molecule is Cc1ccc(S(=O)(=O)NCC2CC(=O)N(C3CC3)C2)c(C)c1. The maximum atomic E-state index is 12.4. The summed E-state index contributed by atoms with van der Waals surface area (Å²) >= 11 is 0. The van der Waals surface area contributed by atoms with Gasteiger partial charge in [-0.2, -0.15) is 0 Å². The molecular weight excluding hydrogens is 300 g/mol. The van der Waals surface area contributed by atoms with Crippen molar-refractivity contribution in [3.63, 3.8) is 0 Å². The third kappa shape index (κ3) is 3.17. The molecule has 1 N–H and O–H groups in total. The summed E-state index contributed by atoms with van der Waals surface area (Å²) in [5, 5.41) is 0. The second-order valence-corrected chi connectivity index (χ2v) is 8.20. The van der Waals surface area contributed by atoms with Crippen molar-refractivity contribution in [1.82, 2.24) is 9.62 Å². The lowest BCUT2D eigenvalue weighted by atomic mass is 10.1. The highest BCUT2D eigenvalue weighted by atomic mass is 32.2. The van der Waals surface area contributed by atoms with Crippen molar-refractivity contribution >= 4 is 15.9 Å². The van der Waals surface area contributed by atoms with Crippen molar-refractivity contribution in [2.75, 3.05) is 13.1 Å². The average Bonchev–Trinajstić information content (AvgIpc) is 3.20. The van der Waals surface area contributed by atoms with Crippen LogP contribution in [0.5, 0.6) is 0 Å². The third-order valence-corrected chi connectivity index (χ3v) is 5.99. The molecule has 0 bridgehead atoms. The van der Waals surface area contributed by atoms with Gasteiger partial charge in [0.05, 0.1) is 4.90 Å². The van der Waals surface area contributed by atoms with Crippen LogP contribution in [0.3, 0.4) is 0 Å². The van der Waals surface area contributed by atoms with Gasteiger partial charge in [-0.3, -0.25) is 4.79 Å². The molecule has 6 heteroatoms. The Kier molecular flexibility index (Phi) is 3.99. The van der Waals surface area contributed by atoms with E-state index in [9.17, 15) is 13.2 Å². The molecule has 0 aromatic heterocycles. The number of benzene rings is 1.